The maximum Gasteiger partial charge on any atom is 0.243 e. The van der Waals surface area contributed by atoms with Crippen molar-refractivity contribution < 1.29 is 19.2 Å². The highest BCUT2D eigenvalue weighted by molar-refractivity contribution is 5.91. The van der Waals surface area contributed by atoms with Crippen LogP contribution in [0.15, 0.2) is 54.6 Å². The van der Waals surface area contributed by atoms with E-state index in [9.17, 15) is 19.2 Å². The molecule has 2 fully saturated rings. The first-order valence-electron chi connectivity index (χ1n) is 15.6. The Morgan fingerprint density at radius 1 is 0.907 bits per heavy atom. The van der Waals surface area contributed by atoms with Crippen LogP contribution in [0.5, 0.6) is 0 Å². The molecule has 0 aromatic heterocycles. The molecular formula is C34H45N5O4. The summed E-state index contributed by atoms with van der Waals surface area (Å²) in [6.07, 6.45) is 2.40. The van der Waals surface area contributed by atoms with Crippen LogP contribution in [0.4, 0.5) is 0 Å². The first kappa shape index (κ1) is 30.7. The molecule has 2 atom stereocenters. The topological polar surface area (TPSA) is 102 Å². The number of piperidine rings is 1. The summed E-state index contributed by atoms with van der Waals surface area (Å²) in [5, 5.41) is 6.57. The highest BCUT2D eigenvalue weighted by Gasteiger charge is 2.41. The molecule has 0 spiro atoms. The number of amides is 4. The molecule has 4 amide bonds. The Morgan fingerprint density at radius 2 is 1.58 bits per heavy atom. The molecule has 2 saturated heterocycles. The van der Waals surface area contributed by atoms with E-state index in [2.05, 4.69) is 31.4 Å². The number of benzene rings is 2. The monoisotopic (exact) mass is 587 g/mol. The molecule has 5 rings (SSSR count). The lowest BCUT2D eigenvalue weighted by atomic mass is 9.91. The number of carbonyl (C=O) groups is 4. The Kier molecular flexibility index (Phi) is 9.49. The van der Waals surface area contributed by atoms with E-state index >= 15 is 0 Å². The molecule has 0 bridgehead atoms. The van der Waals surface area contributed by atoms with Crippen LogP contribution in [-0.4, -0.2) is 82.6 Å². The van der Waals surface area contributed by atoms with E-state index in [4.69, 9.17) is 0 Å². The largest absolute Gasteiger partial charge is 0.350 e. The SMILES string of the molecule is CC(C)(C)CC(=O)N1CCC(N2CC(=O)N3C[C@@H](NCc4ccccc4)C[C@H]3C(=O)NCc3ccccc3CC2=O)CC1. The van der Waals surface area contributed by atoms with Crippen molar-refractivity contribution >= 4 is 23.6 Å². The fourth-order valence-corrected chi connectivity index (χ4v) is 6.48. The van der Waals surface area contributed by atoms with Gasteiger partial charge in [-0.15, -0.1) is 0 Å². The first-order valence-corrected chi connectivity index (χ1v) is 15.6. The van der Waals surface area contributed by atoms with Crippen molar-refractivity contribution in [2.24, 2.45) is 5.41 Å². The lowest BCUT2D eigenvalue weighted by molar-refractivity contribution is -0.146. The molecule has 3 aliphatic rings. The average Bonchev–Trinajstić information content (AvgIpc) is 3.42. The van der Waals surface area contributed by atoms with Gasteiger partial charge < -0.3 is 25.3 Å². The van der Waals surface area contributed by atoms with Crippen LogP contribution in [-0.2, 0) is 38.7 Å². The van der Waals surface area contributed by atoms with Crippen LogP contribution in [0.2, 0.25) is 0 Å². The highest BCUT2D eigenvalue weighted by atomic mass is 16.2. The highest BCUT2D eigenvalue weighted by Crippen LogP contribution is 2.26. The number of nitrogens with one attached hydrogen (secondary N) is 2. The molecule has 0 unspecified atom stereocenters. The molecule has 2 aromatic carbocycles. The maximum atomic E-state index is 13.9. The summed E-state index contributed by atoms with van der Waals surface area (Å²) in [6.45, 7) is 8.59. The third kappa shape index (κ3) is 7.82. The van der Waals surface area contributed by atoms with Gasteiger partial charge in [-0.05, 0) is 41.4 Å². The van der Waals surface area contributed by atoms with Crippen LogP contribution in [0.3, 0.4) is 0 Å². The van der Waals surface area contributed by atoms with Crippen molar-refractivity contribution in [3.05, 3.63) is 71.3 Å². The second kappa shape index (κ2) is 13.3. The maximum absolute atomic E-state index is 13.9. The Morgan fingerprint density at radius 3 is 2.28 bits per heavy atom. The summed E-state index contributed by atoms with van der Waals surface area (Å²) in [6, 6.07) is 16.9. The molecule has 2 N–H and O–H groups in total. The number of rotatable bonds is 5. The molecule has 0 aliphatic carbocycles. The molecule has 9 nitrogen and oxygen atoms in total. The standard InChI is InChI=1S/C34H45N5O4/c1-34(2,3)19-31(41)37-15-13-28(14-16-37)38-23-32(42)39-22-27(35-20-24-9-5-4-6-10-24)18-29(39)33(43)36-21-26-12-8-7-11-25(26)17-30(38)40/h4-12,27-29,35H,13-23H2,1-3H3,(H,36,43)/t27-,29-/m0/s1. The summed E-state index contributed by atoms with van der Waals surface area (Å²) in [5.74, 6) is -0.341. The number of nitrogens with zero attached hydrogens (tertiary/aromatic N) is 3. The Labute approximate surface area is 255 Å². The second-order valence-electron chi connectivity index (χ2n) is 13.4. The molecule has 9 heteroatoms. The number of carbonyl (C=O) groups excluding carboxylic acids is 4. The lowest BCUT2D eigenvalue weighted by Gasteiger charge is -2.40. The fraction of sp³-hybridized carbons (Fsp3) is 0.529. The number of hydrogen-bond acceptors (Lipinski definition) is 5. The minimum atomic E-state index is -0.610. The number of hydrogen-bond donors (Lipinski definition) is 2. The van der Waals surface area contributed by atoms with Gasteiger partial charge in [-0.25, -0.2) is 0 Å². The van der Waals surface area contributed by atoms with Gasteiger partial charge in [0.1, 0.15) is 12.6 Å². The molecule has 3 heterocycles. The second-order valence-corrected chi connectivity index (χ2v) is 13.4. The summed E-state index contributed by atoms with van der Waals surface area (Å²) in [5.41, 5.74) is 2.81. The van der Waals surface area contributed by atoms with Crippen molar-refractivity contribution in [1.29, 1.82) is 0 Å². The van der Waals surface area contributed by atoms with Crippen LogP contribution in [0, 0.1) is 5.41 Å². The van der Waals surface area contributed by atoms with Crippen molar-refractivity contribution in [2.45, 2.75) is 84.1 Å². The van der Waals surface area contributed by atoms with Crippen molar-refractivity contribution in [2.75, 3.05) is 26.2 Å². The zero-order valence-corrected chi connectivity index (χ0v) is 25.7. The van der Waals surface area contributed by atoms with Crippen LogP contribution in [0.1, 0.15) is 63.1 Å². The van der Waals surface area contributed by atoms with E-state index in [1.165, 1.54) is 0 Å². The fourth-order valence-electron chi connectivity index (χ4n) is 6.48. The van der Waals surface area contributed by atoms with E-state index in [1.54, 1.807) is 9.80 Å². The molecule has 2 aromatic rings. The summed E-state index contributed by atoms with van der Waals surface area (Å²) in [7, 11) is 0. The van der Waals surface area contributed by atoms with Gasteiger partial charge in [-0.3, -0.25) is 19.2 Å². The lowest BCUT2D eigenvalue weighted by Crippen LogP contribution is -2.54. The van der Waals surface area contributed by atoms with E-state index < -0.39 is 6.04 Å². The third-order valence-electron chi connectivity index (χ3n) is 8.84. The van der Waals surface area contributed by atoms with Crippen LogP contribution in [0.25, 0.3) is 0 Å². The van der Waals surface area contributed by atoms with Gasteiger partial charge in [-0.1, -0.05) is 75.4 Å². The van der Waals surface area contributed by atoms with Gasteiger partial charge in [0.2, 0.25) is 23.6 Å². The average molecular weight is 588 g/mol. The Balaban J connectivity index is 1.35. The molecule has 230 valence electrons. The van der Waals surface area contributed by atoms with E-state index in [0.717, 1.165) is 16.7 Å². The molecule has 0 radical (unpaired) electrons. The molecule has 43 heavy (non-hydrogen) atoms. The van der Waals surface area contributed by atoms with Crippen molar-refractivity contribution in [3.63, 3.8) is 0 Å². The third-order valence-corrected chi connectivity index (χ3v) is 8.84. The zero-order valence-electron chi connectivity index (χ0n) is 25.7. The zero-order chi connectivity index (χ0) is 30.6. The summed E-state index contributed by atoms with van der Waals surface area (Å²) >= 11 is 0. The Hall–Kier alpha value is -3.72. The van der Waals surface area contributed by atoms with Gasteiger partial charge in [0, 0.05) is 51.2 Å². The molecular weight excluding hydrogens is 542 g/mol. The van der Waals surface area contributed by atoms with Crippen LogP contribution >= 0.6 is 0 Å². The Bertz CT molecular complexity index is 1320. The van der Waals surface area contributed by atoms with Gasteiger partial charge in [-0.2, -0.15) is 0 Å². The minimum absolute atomic E-state index is 0.0430. The summed E-state index contributed by atoms with van der Waals surface area (Å²) < 4.78 is 0. The predicted octanol–water partition coefficient (Wildman–Crippen LogP) is 2.87. The number of likely N-dealkylation sites (tertiary alicyclic amines) is 1. The quantitative estimate of drug-likeness (QED) is 0.560. The van der Waals surface area contributed by atoms with E-state index in [0.29, 0.717) is 58.4 Å². The number of fused-ring (bicyclic) bond motifs is 2. The van der Waals surface area contributed by atoms with Crippen molar-refractivity contribution in [3.8, 4) is 0 Å². The van der Waals surface area contributed by atoms with Crippen LogP contribution < -0.4 is 10.6 Å². The summed E-state index contributed by atoms with van der Waals surface area (Å²) in [4.78, 5) is 59.4. The molecule has 3 aliphatic heterocycles. The minimum Gasteiger partial charge on any atom is -0.350 e. The first-order chi connectivity index (χ1) is 20.6. The predicted molar refractivity (Wildman–Crippen MR) is 165 cm³/mol. The van der Waals surface area contributed by atoms with Gasteiger partial charge in [0.25, 0.3) is 0 Å². The van der Waals surface area contributed by atoms with Crippen molar-refractivity contribution in [1.82, 2.24) is 25.3 Å². The molecule has 0 saturated carbocycles. The van der Waals surface area contributed by atoms with Gasteiger partial charge in [0.05, 0.1) is 6.42 Å². The van der Waals surface area contributed by atoms with Gasteiger partial charge in [0.15, 0.2) is 0 Å². The van der Waals surface area contributed by atoms with Gasteiger partial charge >= 0.3 is 0 Å². The normalized spacial score (nSPS) is 22.4. The van der Waals surface area contributed by atoms with E-state index in [1.807, 2.05) is 59.5 Å². The smallest absolute Gasteiger partial charge is 0.243 e. The van der Waals surface area contributed by atoms with E-state index in [-0.39, 0.29) is 54.1 Å².